The molecule has 0 saturated heterocycles. The number of rotatable bonds is 3. The Morgan fingerprint density at radius 3 is 2.70 bits per heavy atom. The molecule has 1 N–H and O–H groups in total. The second-order valence-corrected chi connectivity index (χ2v) is 5.15. The van der Waals surface area contributed by atoms with Crippen LogP contribution in [-0.2, 0) is 5.54 Å². The summed E-state index contributed by atoms with van der Waals surface area (Å²) < 4.78 is 18.6. The van der Waals surface area contributed by atoms with E-state index in [9.17, 15) is 9.18 Å². The Hall–Kier alpha value is -2.24. The molecular formula is C14H14FN3O2. The summed E-state index contributed by atoms with van der Waals surface area (Å²) in [6.07, 6.45) is 1.49. The molecule has 0 aliphatic heterocycles. The molecule has 0 atom stereocenters. The van der Waals surface area contributed by atoms with Crippen LogP contribution in [0, 0.1) is 19.7 Å². The highest BCUT2D eigenvalue weighted by molar-refractivity contribution is 5.95. The molecule has 20 heavy (non-hydrogen) atoms. The van der Waals surface area contributed by atoms with Gasteiger partial charge >= 0.3 is 0 Å². The van der Waals surface area contributed by atoms with Crippen LogP contribution in [0.5, 0.6) is 0 Å². The van der Waals surface area contributed by atoms with Crippen molar-refractivity contribution >= 4 is 5.91 Å². The molecule has 1 aromatic heterocycles. The van der Waals surface area contributed by atoms with Gasteiger partial charge in [0.2, 0.25) is 0 Å². The Bertz CT molecular complexity index is 677. The molecule has 6 heteroatoms. The van der Waals surface area contributed by atoms with Gasteiger partial charge in [-0.25, -0.2) is 4.39 Å². The number of carbonyl (C=O) groups is 1. The van der Waals surface area contributed by atoms with E-state index in [0.29, 0.717) is 17.3 Å². The summed E-state index contributed by atoms with van der Waals surface area (Å²) in [5.74, 6) is 0.214. The Labute approximate surface area is 115 Å². The van der Waals surface area contributed by atoms with E-state index in [-0.39, 0.29) is 11.5 Å². The zero-order chi connectivity index (χ0) is 14.3. The van der Waals surface area contributed by atoms with Crippen molar-refractivity contribution in [1.82, 2.24) is 15.5 Å². The average Bonchev–Trinajstić information content (AvgIpc) is 3.05. The highest BCUT2D eigenvalue weighted by atomic mass is 19.1. The second-order valence-electron chi connectivity index (χ2n) is 5.15. The number of aryl methyl sites for hydroxylation is 2. The topological polar surface area (TPSA) is 68.0 Å². The van der Waals surface area contributed by atoms with Crippen molar-refractivity contribution in [3.8, 4) is 0 Å². The highest BCUT2D eigenvalue weighted by Crippen LogP contribution is 2.44. The molecule has 1 aromatic carbocycles. The lowest BCUT2D eigenvalue weighted by Crippen LogP contribution is -2.35. The molecule has 0 spiro atoms. The van der Waals surface area contributed by atoms with Crippen LogP contribution in [0.25, 0.3) is 0 Å². The van der Waals surface area contributed by atoms with Crippen molar-refractivity contribution < 1.29 is 13.7 Å². The standard InChI is InChI=1S/C14H14FN3O2/c1-8-3-4-10(7-11(8)15)12(19)17-14(5-6-14)13-16-9(2)18-20-13/h3-4,7H,5-6H2,1-2H3,(H,17,19). The lowest BCUT2D eigenvalue weighted by atomic mass is 10.1. The molecule has 104 valence electrons. The van der Waals surface area contributed by atoms with Crippen LogP contribution in [0.4, 0.5) is 4.39 Å². The number of halogens is 1. The number of nitrogens with one attached hydrogen (secondary N) is 1. The van der Waals surface area contributed by atoms with Crippen molar-refractivity contribution in [2.45, 2.75) is 32.2 Å². The number of hydrogen-bond acceptors (Lipinski definition) is 4. The summed E-state index contributed by atoms with van der Waals surface area (Å²) in [5.41, 5.74) is 0.213. The van der Waals surface area contributed by atoms with Crippen LogP contribution < -0.4 is 5.32 Å². The monoisotopic (exact) mass is 275 g/mol. The van der Waals surface area contributed by atoms with Crippen molar-refractivity contribution in [3.05, 3.63) is 46.9 Å². The smallest absolute Gasteiger partial charge is 0.252 e. The lowest BCUT2D eigenvalue weighted by Gasteiger charge is -2.13. The summed E-state index contributed by atoms with van der Waals surface area (Å²) in [5, 5.41) is 6.59. The number of hydrogen-bond donors (Lipinski definition) is 1. The average molecular weight is 275 g/mol. The third-order valence-corrected chi connectivity index (χ3v) is 3.47. The first-order chi connectivity index (χ1) is 9.50. The van der Waals surface area contributed by atoms with Crippen LogP contribution >= 0.6 is 0 Å². The zero-order valence-electron chi connectivity index (χ0n) is 11.2. The van der Waals surface area contributed by atoms with Crippen LogP contribution in [0.15, 0.2) is 22.7 Å². The van der Waals surface area contributed by atoms with E-state index >= 15 is 0 Å². The highest BCUT2D eigenvalue weighted by Gasteiger charge is 2.50. The van der Waals surface area contributed by atoms with Gasteiger partial charge in [0.15, 0.2) is 5.82 Å². The Morgan fingerprint density at radius 2 is 2.15 bits per heavy atom. The van der Waals surface area contributed by atoms with Crippen molar-refractivity contribution in [2.24, 2.45) is 0 Å². The Balaban J connectivity index is 1.80. The fourth-order valence-corrected chi connectivity index (χ4v) is 2.03. The lowest BCUT2D eigenvalue weighted by molar-refractivity contribution is 0.0920. The number of aromatic nitrogens is 2. The Kier molecular flexibility index (Phi) is 2.81. The molecule has 3 rings (SSSR count). The van der Waals surface area contributed by atoms with Crippen molar-refractivity contribution in [3.63, 3.8) is 0 Å². The van der Waals surface area contributed by atoms with Gasteiger partial charge in [0, 0.05) is 5.56 Å². The van der Waals surface area contributed by atoms with E-state index in [1.54, 1.807) is 26.0 Å². The van der Waals surface area contributed by atoms with Crippen LogP contribution in [0.1, 0.15) is 40.5 Å². The first kappa shape index (κ1) is 12.8. The maximum atomic E-state index is 13.5. The van der Waals surface area contributed by atoms with E-state index < -0.39 is 11.4 Å². The van der Waals surface area contributed by atoms with E-state index in [2.05, 4.69) is 15.5 Å². The van der Waals surface area contributed by atoms with Gasteiger partial charge in [0.05, 0.1) is 0 Å². The minimum Gasteiger partial charge on any atom is -0.338 e. The van der Waals surface area contributed by atoms with E-state index in [0.717, 1.165) is 12.8 Å². The molecule has 1 heterocycles. The minimum absolute atomic E-state index is 0.288. The predicted molar refractivity (Wildman–Crippen MR) is 68.6 cm³/mol. The third kappa shape index (κ3) is 2.17. The van der Waals surface area contributed by atoms with Gasteiger partial charge in [-0.05, 0) is 44.4 Å². The maximum Gasteiger partial charge on any atom is 0.252 e. The van der Waals surface area contributed by atoms with Crippen molar-refractivity contribution in [2.75, 3.05) is 0 Å². The summed E-state index contributed by atoms with van der Waals surface area (Å²) in [7, 11) is 0. The molecule has 5 nitrogen and oxygen atoms in total. The van der Waals surface area contributed by atoms with Gasteiger partial charge in [0.25, 0.3) is 11.8 Å². The van der Waals surface area contributed by atoms with E-state index in [4.69, 9.17) is 4.52 Å². The van der Waals surface area contributed by atoms with Gasteiger partial charge < -0.3 is 9.84 Å². The summed E-state index contributed by atoms with van der Waals surface area (Å²) >= 11 is 0. The van der Waals surface area contributed by atoms with Gasteiger partial charge in [-0.3, -0.25) is 4.79 Å². The first-order valence-electron chi connectivity index (χ1n) is 6.40. The molecule has 2 aromatic rings. The zero-order valence-corrected chi connectivity index (χ0v) is 11.2. The largest absolute Gasteiger partial charge is 0.338 e. The second kappa shape index (κ2) is 4.40. The molecule has 0 unspecified atom stereocenters. The van der Waals surface area contributed by atoms with Crippen molar-refractivity contribution in [1.29, 1.82) is 0 Å². The quantitative estimate of drug-likeness (QED) is 0.932. The number of carbonyl (C=O) groups excluding carboxylic acids is 1. The summed E-state index contributed by atoms with van der Waals surface area (Å²) in [6, 6.07) is 4.42. The van der Waals surface area contributed by atoms with Crippen LogP contribution in [-0.4, -0.2) is 16.0 Å². The Morgan fingerprint density at radius 1 is 1.40 bits per heavy atom. The van der Waals surface area contributed by atoms with Gasteiger partial charge in [-0.15, -0.1) is 0 Å². The molecular weight excluding hydrogens is 261 g/mol. The van der Waals surface area contributed by atoms with E-state index in [1.807, 2.05) is 0 Å². The fourth-order valence-electron chi connectivity index (χ4n) is 2.03. The van der Waals surface area contributed by atoms with Gasteiger partial charge in [-0.1, -0.05) is 11.2 Å². The number of benzene rings is 1. The molecule has 0 bridgehead atoms. The molecule has 1 saturated carbocycles. The van der Waals surface area contributed by atoms with Crippen LogP contribution in [0.2, 0.25) is 0 Å². The summed E-state index contributed by atoms with van der Waals surface area (Å²) in [6.45, 7) is 3.38. The maximum absolute atomic E-state index is 13.5. The predicted octanol–water partition coefficient (Wildman–Crippen LogP) is 2.24. The first-order valence-corrected chi connectivity index (χ1v) is 6.40. The molecule has 1 amide bonds. The number of amides is 1. The molecule has 0 radical (unpaired) electrons. The minimum atomic E-state index is -0.584. The SMILES string of the molecule is Cc1noc(C2(NC(=O)c3ccc(C)c(F)c3)CC2)n1. The normalized spacial score (nSPS) is 15.9. The van der Waals surface area contributed by atoms with Gasteiger partial charge in [-0.2, -0.15) is 4.98 Å². The summed E-state index contributed by atoms with van der Waals surface area (Å²) in [4.78, 5) is 16.3. The molecule has 1 aliphatic carbocycles. The fraction of sp³-hybridized carbons (Fsp3) is 0.357. The number of nitrogens with zero attached hydrogens (tertiary/aromatic N) is 2. The molecule has 1 aliphatic rings. The molecule has 1 fully saturated rings. The van der Waals surface area contributed by atoms with Gasteiger partial charge in [0.1, 0.15) is 11.4 Å². The third-order valence-electron chi connectivity index (χ3n) is 3.47. The van der Waals surface area contributed by atoms with E-state index in [1.165, 1.54) is 6.07 Å². The van der Waals surface area contributed by atoms with Crippen LogP contribution in [0.3, 0.4) is 0 Å².